The molecule has 1 saturated carbocycles. The molecule has 1 aliphatic rings. The molecule has 6 heteroatoms. The van der Waals surface area contributed by atoms with Gasteiger partial charge in [0.25, 0.3) is 0 Å². The van der Waals surface area contributed by atoms with Crippen molar-refractivity contribution in [2.75, 3.05) is 18.9 Å². The smallest absolute Gasteiger partial charge is 0.240 e. The summed E-state index contributed by atoms with van der Waals surface area (Å²) in [7, 11) is -1.70. The highest BCUT2D eigenvalue weighted by Gasteiger charge is 2.18. The van der Waals surface area contributed by atoms with Crippen LogP contribution in [0.2, 0.25) is 0 Å². The van der Waals surface area contributed by atoms with E-state index in [-0.39, 0.29) is 4.90 Å². The summed E-state index contributed by atoms with van der Waals surface area (Å²) in [6.45, 7) is 0.518. The van der Waals surface area contributed by atoms with Gasteiger partial charge in [-0.2, -0.15) is 0 Å². The molecule has 2 N–H and O–H groups in total. The van der Waals surface area contributed by atoms with E-state index in [1.807, 2.05) is 0 Å². The minimum absolute atomic E-state index is 0.262. The lowest BCUT2D eigenvalue weighted by atomic mass is 10.1. The van der Waals surface area contributed by atoms with Crippen LogP contribution >= 0.6 is 0 Å². The zero-order valence-corrected chi connectivity index (χ0v) is 12.0. The van der Waals surface area contributed by atoms with E-state index >= 15 is 0 Å². The van der Waals surface area contributed by atoms with Crippen molar-refractivity contribution in [2.45, 2.75) is 37.0 Å². The van der Waals surface area contributed by atoms with E-state index in [0.29, 0.717) is 18.3 Å². The van der Waals surface area contributed by atoms with Gasteiger partial charge in [0.1, 0.15) is 5.82 Å². The highest BCUT2D eigenvalue weighted by molar-refractivity contribution is 7.89. The Bertz CT molecular complexity index is 510. The predicted molar refractivity (Wildman–Crippen MR) is 75.5 cm³/mol. The standard InChI is InChI=1S/C13H21N3O2S/c1-14-13-10-12(7-8-15-13)19(17,18)16-9-6-11-4-2-3-5-11/h7-8,10-11,16H,2-6,9H2,1H3,(H,14,15). The summed E-state index contributed by atoms with van der Waals surface area (Å²) in [6.07, 6.45) is 7.48. The van der Waals surface area contributed by atoms with Crippen LogP contribution in [0.5, 0.6) is 0 Å². The lowest BCUT2D eigenvalue weighted by molar-refractivity contribution is 0.495. The van der Waals surface area contributed by atoms with Crippen molar-refractivity contribution in [3.63, 3.8) is 0 Å². The maximum absolute atomic E-state index is 12.1. The molecule has 19 heavy (non-hydrogen) atoms. The van der Waals surface area contributed by atoms with Crippen molar-refractivity contribution in [3.8, 4) is 0 Å². The van der Waals surface area contributed by atoms with Crippen molar-refractivity contribution in [1.29, 1.82) is 0 Å². The summed E-state index contributed by atoms with van der Waals surface area (Å²) in [5.74, 6) is 1.24. The minimum Gasteiger partial charge on any atom is -0.373 e. The summed E-state index contributed by atoms with van der Waals surface area (Å²) < 4.78 is 26.9. The Morgan fingerprint density at radius 1 is 1.37 bits per heavy atom. The van der Waals surface area contributed by atoms with Crippen molar-refractivity contribution in [1.82, 2.24) is 9.71 Å². The number of hydrogen-bond donors (Lipinski definition) is 2. The van der Waals surface area contributed by atoms with E-state index in [4.69, 9.17) is 0 Å². The Kier molecular flexibility index (Phi) is 4.76. The fourth-order valence-corrected chi connectivity index (χ4v) is 3.55. The van der Waals surface area contributed by atoms with E-state index in [1.54, 1.807) is 7.05 Å². The van der Waals surface area contributed by atoms with Crippen LogP contribution in [0.25, 0.3) is 0 Å². The molecule has 0 aliphatic heterocycles. The summed E-state index contributed by atoms with van der Waals surface area (Å²) in [5, 5.41) is 2.84. The molecule has 1 aromatic rings. The van der Waals surface area contributed by atoms with E-state index in [9.17, 15) is 8.42 Å². The van der Waals surface area contributed by atoms with Gasteiger partial charge in [-0.25, -0.2) is 18.1 Å². The Hall–Kier alpha value is -1.14. The van der Waals surface area contributed by atoms with E-state index in [1.165, 1.54) is 44.0 Å². The Balaban J connectivity index is 1.93. The van der Waals surface area contributed by atoms with Crippen LogP contribution in [0.15, 0.2) is 23.2 Å². The molecule has 1 aliphatic carbocycles. The molecule has 0 spiro atoms. The van der Waals surface area contributed by atoms with Crippen LogP contribution in [-0.2, 0) is 10.0 Å². The van der Waals surface area contributed by atoms with E-state index < -0.39 is 10.0 Å². The van der Waals surface area contributed by atoms with Crippen molar-refractivity contribution >= 4 is 15.8 Å². The number of hydrogen-bond acceptors (Lipinski definition) is 4. The Morgan fingerprint density at radius 3 is 2.79 bits per heavy atom. The SMILES string of the molecule is CNc1cc(S(=O)(=O)NCCC2CCCC2)ccn1. The van der Waals surface area contributed by atoms with Crippen LogP contribution in [0, 0.1) is 5.92 Å². The zero-order valence-electron chi connectivity index (χ0n) is 11.2. The van der Waals surface area contributed by atoms with Crippen LogP contribution in [0.3, 0.4) is 0 Å². The topological polar surface area (TPSA) is 71.1 Å². The van der Waals surface area contributed by atoms with Crippen LogP contribution in [0.4, 0.5) is 5.82 Å². The summed E-state index contributed by atoms with van der Waals surface area (Å²) >= 11 is 0. The molecular formula is C13H21N3O2S. The molecule has 0 atom stereocenters. The molecule has 0 unspecified atom stereocenters. The first-order chi connectivity index (χ1) is 9.12. The van der Waals surface area contributed by atoms with Crippen molar-refractivity contribution < 1.29 is 8.42 Å². The molecule has 2 rings (SSSR count). The van der Waals surface area contributed by atoms with Gasteiger partial charge in [-0.3, -0.25) is 0 Å². The molecule has 0 aromatic carbocycles. The third kappa shape index (κ3) is 3.91. The Morgan fingerprint density at radius 2 is 2.11 bits per heavy atom. The number of nitrogens with one attached hydrogen (secondary N) is 2. The number of anilines is 1. The maximum Gasteiger partial charge on any atom is 0.240 e. The molecule has 1 heterocycles. The van der Waals surface area contributed by atoms with Gasteiger partial charge in [-0.05, 0) is 18.4 Å². The van der Waals surface area contributed by atoms with Gasteiger partial charge in [0.2, 0.25) is 10.0 Å². The number of rotatable bonds is 6. The van der Waals surface area contributed by atoms with Gasteiger partial charge in [0.15, 0.2) is 0 Å². The number of sulfonamides is 1. The second-order valence-electron chi connectivity index (χ2n) is 4.96. The first-order valence-corrected chi connectivity index (χ1v) is 8.23. The van der Waals surface area contributed by atoms with Crippen LogP contribution in [-0.4, -0.2) is 27.0 Å². The third-order valence-corrected chi connectivity index (χ3v) is 5.08. The highest BCUT2D eigenvalue weighted by Crippen LogP contribution is 2.27. The summed E-state index contributed by atoms with van der Waals surface area (Å²) in [5.41, 5.74) is 0. The first kappa shape index (κ1) is 14.3. The molecule has 0 radical (unpaired) electrons. The zero-order chi connectivity index (χ0) is 13.7. The molecule has 106 valence electrons. The summed E-state index contributed by atoms with van der Waals surface area (Å²) in [6, 6.07) is 3.05. The maximum atomic E-state index is 12.1. The lowest BCUT2D eigenvalue weighted by Gasteiger charge is -2.11. The first-order valence-electron chi connectivity index (χ1n) is 6.75. The van der Waals surface area contributed by atoms with E-state index in [2.05, 4.69) is 15.0 Å². The van der Waals surface area contributed by atoms with Crippen LogP contribution in [0.1, 0.15) is 32.1 Å². The molecule has 1 aromatic heterocycles. The number of nitrogens with zero attached hydrogens (tertiary/aromatic N) is 1. The van der Waals surface area contributed by atoms with Gasteiger partial charge in [0, 0.05) is 25.9 Å². The van der Waals surface area contributed by atoms with Gasteiger partial charge in [0.05, 0.1) is 4.90 Å². The Labute approximate surface area is 114 Å². The largest absolute Gasteiger partial charge is 0.373 e. The van der Waals surface area contributed by atoms with Gasteiger partial charge >= 0.3 is 0 Å². The van der Waals surface area contributed by atoms with Crippen LogP contribution < -0.4 is 10.0 Å². The summed E-state index contributed by atoms with van der Waals surface area (Å²) in [4.78, 5) is 4.27. The quantitative estimate of drug-likeness (QED) is 0.837. The molecular weight excluding hydrogens is 262 g/mol. The molecule has 0 saturated heterocycles. The second-order valence-corrected chi connectivity index (χ2v) is 6.73. The van der Waals surface area contributed by atoms with Gasteiger partial charge in [-0.1, -0.05) is 25.7 Å². The third-order valence-electron chi connectivity index (χ3n) is 3.62. The average molecular weight is 283 g/mol. The monoisotopic (exact) mass is 283 g/mol. The lowest BCUT2D eigenvalue weighted by Crippen LogP contribution is -2.26. The number of aromatic nitrogens is 1. The average Bonchev–Trinajstić information content (AvgIpc) is 2.92. The molecule has 0 bridgehead atoms. The van der Waals surface area contributed by atoms with Gasteiger partial charge < -0.3 is 5.32 Å². The second kappa shape index (κ2) is 6.34. The number of pyridine rings is 1. The fourth-order valence-electron chi connectivity index (χ4n) is 2.49. The molecule has 0 amide bonds. The molecule has 1 fully saturated rings. The molecule has 5 nitrogen and oxygen atoms in total. The van der Waals surface area contributed by atoms with Gasteiger partial charge in [-0.15, -0.1) is 0 Å². The van der Waals surface area contributed by atoms with E-state index in [0.717, 1.165) is 6.42 Å². The normalized spacial score (nSPS) is 16.7. The fraction of sp³-hybridized carbons (Fsp3) is 0.615. The minimum atomic E-state index is -3.41. The van der Waals surface area contributed by atoms with Crippen molar-refractivity contribution in [3.05, 3.63) is 18.3 Å². The van der Waals surface area contributed by atoms with Crippen molar-refractivity contribution in [2.24, 2.45) is 5.92 Å². The highest BCUT2D eigenvalue weighted by atomic mass is 32.2. The predicted octanol–water partition coefficient (Wildman–Crippen LogP) is 1.98.